The third kappa shape index (κ3) is 3.16. The third-order valence-corrected chi connectivity index (χ3v) is 5.95. The van der Waals surface area contributed by atoms with Crippen molar-refractivity contribution in [3.63, 3.8) is 0 Å². The minimum Gasteiger partial charge on any atom is -0.356 e. The molecule has 150 valence electrons. The van der Waals surface area contributed by atoms with Gasteiger partial charge in [-0.25, -0.2) is 19.3 Å². The smallest absolute Gasteiger partial charge is 0.266 e. The third-order valence-electron chi connectivity index (χ3n) is 5.95. The molecule has 0 bridgehead atoms. The second-order valence-corrected chi connectivity index (χ2v) is 8.06. The first kappa shape index (κ1) is 17.8. The Morgan fingerprint density at radius 1 is 0.862 bits per heavy atom. The maximum atomic E-state index is 11.6. The van der Waals surface area contributed by atoms with Gasteiger partial charge in [0.05, 0.1) is 5.69 Å². The fraction of sp³-hybridized carbons (Fsp3) is 0.450. The summed E-state index contributed by atoms with van der Waals surface area (Å²) < 4.78 is 3.27. The predicted molar refractivity (Wildman–Crippen MR) is 110 cm³/mol. The van der Waals surface area contributed by atoms with Crippen molar-refractivity contribution >= 4 is 11.6 Å². The molecule has 9 heteroatoms. The molecule has 3 aromatic rings. The highest BCUT2D eigenvalue weighted by Gasteiger charge is 2.41. The number of aromatic nitrogens is 6. The van der Waals surface area contributed by atoms with E-state index in [1.807, 2.05) is 36.7 Å². The second-order valence-electron chi connectivity index (χ2n) is 8.06. The summed E-state index contributed by atoms with van der Waals surface area (Å²) in [7, 11) is 1.69. The number of rotatable bonds is 3. The van der Waals surface area contributed by atoms with Crippen LogP contribution in [0.1, 0.15) is 11.4 Å². The van der Waals surface area contributed by atoms with Gasteiger partial charge in [0.25, 0.3) is 5.56 Å². The van der Waals surface area contributed by atoms with E-state index in [4.69, 9.17) is 0 Å². The maximum Gasteiger partial charge on any atom is 0.266 e. The van der Waals surface area contributed by atoms with Gasteiger partial charge in [0.15, 0.2) is 5.82 Å². The summed E-state index contributed by atoms with van der Waals surface area (Å²) in [6, 6.07) is 7.48. The van der Waals surface area contributed by atoms with Gasteiger partial charge < -0.3 is 9.80 Å². The van der Waals surface area contributed by atoms with Gasteiger partial charge in [-0.05, 0) is 26.0 Å². The van der Waals surface area contributed by atoms with E-state index in [1.54, 1.807) is 19.4 Å². The zero-order chi connectivity index (χ0) is 20.1. The summed E-state index contributed by atoms with van der Waals surface area (Å²) in [4.78, 5) is 25.2. The molecule has 0 N–H and O–H groups in total. The lowest BCUT2D eigenvalue weighted by Crippen LogP contribution is -2.31. The van der Waals surface area contributed by atoms with E-state index in [1.165, 1.54) is 4.68 Å². The Morgan fingerprint density at radius 3 is 2.14 bits per heavy atom. The van der Waals surface area contributed by atoms with Crippen molar-refractivity contribution in [3.8, 4) is 5.82 Å². The van der Waals surface area contributed by atoms with Crippen LogP contribution < -0.4 is 15.4 Å². The maximum absolute atomic E-state index is 11.6. The lowest BCUT2D eigenvalue weighted by Gasteiger charge is -2.23. The van der Waals surface area contributed by atoms with E-state index in [0.717, 1.165) is 55.0 Å². The van der Waals surface area contributed by atoms with Gasteiger partial charge in [0.1, 0.15) is 18.0 Å². The van der Waals surface area contributed by atoms with Gasteiger partial charge in [-0.15, -0.1) is 0 Å². The lowest BCUT2D eigenvalue weighted by atomic mass is 10.0. The summed E-state index contributed by atoms with van der Waals surface area (Å²) in [6.07, 6.45) is 1.62. The Morgan fingerprint density at radius 2 is 1.52 bits per heavy atom. The predicted octanol–water partition coefficient (Wildman–Crippen LogP) is 0.945. The van der Waals surface area contributed by atoms with Crippen molar-refractivity contribution in [1.82, 2.24) is 29.5 Å². The summed E-state index contributed by atoms with van der Waals surface area (Å²) in [5.41, 5.74) is 1.96. The SMILES string of the molecule is Cc1cc(C)n(-c2cc(N3CC4CN(c5ccc(=O)n(C)n5)CC4C3)ncn2)n1. The molecule has 2 unspecified atom stereocenters. The first-order chi connectivity index (χ1) is 14.0. The molecule has 0 aromatic carbocycles. The number of hydrogen-bond acceptors (Lipinski definition) is 7. The molecule has 2 aliphatic rings. The monoisotopic (exact) mass is 392 g/mol. The van der Waals surface area contributed by atoms with Gasteiger partial charge in [-0.2, -0.15) is 10.2 Å². The van der Waals surface area contributed by atoms with E-state index in [9.17, 15) is 4.79 Å². The van der Waals surface area contributed by atoms with Crippen LogP contribution in [0.3, 0.4) is 0 Å². The Bertz CT molecular complexity index is 1110. The van der Waals surface area contributed by atoms with Crippen LogP contribution >= 0.6 is 0 Å². The first-order valence-electron chi connectivity index (χ1n) is 9.88. The summed E-state index contributed by atoms with van der Waals surface area (Å²) >= 11 is 0. The van der Waals surface area contributed by atoms with Crippen molar-refractivity contribution < 1.29 is 0 Å². The zero-order valence-corrected chi connectivity index (χ0v) is 16.9. The largest absolute Gasteiger partial charge is 0.356 e. The minimum absolute atomic E-state index is 0.0819. The van der Waals surface area contributed by atoms with E-state index < -0.39 is 0 Å². The molecule has 9 nitrogen and oxygen atoms in total. The van der Waals surface area contributed by atoms with Gasteiger partial charge in [-0.3, -0.25) is 4.79 Å². The van der Waals surface area contributed by atoms with Crippen LogP contribution in [0.2, 0.25) is 0 Å². The Labute approximate surface area is 168 Å². The van der Waals surface area contributed by atoms with E-state index in [-0.39, 0.29) is 5.56 Å². The summed E-state index contributed by atoms with van der Waals surface area (Å²) in [6.45, 7) is 7.83. The van der Waals surface area contributed by atoms with Gasteiger partial charge in [-0.1, -0.05) is 0 Å². The molecule has 2 saturated heterocycles. The zero-order valence-electron chi connectivity index (χ0n) is 16.9. The summed E-state index contributed by atoms with van der Waals surface area (Å²) in [5, 5.41) is 8.93. The fourth-order valence-corrected chi connectivity index (χ4v) is 4.51. The van der Waals surface area contributed by atoms with E-state index in [0.29, 0.717) is 11.8 Å². The van der Waals surface area contributed by atoms with Crippen molar-refractivity contribution in [1.29, 1.82) is 0 Å². The van der Waals surface area contributed by atoms with Crippen molar-refractivity contribution in [2.75, 3.05) is 36.0 Å². The highest BCUT2D eigenvalue weighted by molar-refractivity contribution is 5.47. The molecule has 2 fully saturated rings. The molecule has 0 spiro atoms. The Kier molecular flexibility index (Phi) is 4.11. The number of anilines is 2. The second kappa shape index (κ2) is 6.68. The van der Waals surface area contributed by atoms with Crippen LogP contribution in [-0.2, 0) is 7.05 Å². The fourth-order valence-electron chi connectivity index (χ4n) is 4.51. The summed E-state index contributed by atoms with van der Waals surface area (Å²) in [5.74, 6) is 3.74. The highest BCUT2D eigenvalue weighted by Crippen LogP contribution is 2.35. The van der Waals surface area contributed by atoms with Gasteiger partial charge in [0.2, 0.25) is 0 Å². The Balaban J connectivity index is 1.32. The molecule has 0 aliphatic carbocycles. The standard InChI is InChI=1S/C20H24N8O/c1-13-6-14(2)28(23-13)19-7-18(21-12-22-19)27-10-15-8-26(9-16(15)11-27)17-4-5-20(29)25(3)24-17/h4-7,12,15-16H,8-11H2,1-3H3. The van der Waals surface area contributed by atoms with Crippen molar-refractivity contribution in [2.24, 2.45) is 18.9 Å². The Hall–Kier alpha value is -3.23. The molecule has 29 heavy (non-hydrogen) atoms. The van der Waals surface area contributed by atoms with E-state index in [2.05, 4.69) is 30.0 Å². The van der Waals surface area contributed by atoms with Gasteiger partial charge >= 0.3 is 0 Å². The molecule has 0 amide bonds. The van der Waals surface area contributed by atoms with Crippen LogP contribution in [0.4, 0.5) is 11.6 Å². The normalized spacial score (nSPS) is 21.1. The number of aryl methyl sites for hydroxylation is 3. The lowest BCUT2D eigenvalue weighted by molar-refractivity contribution is 0.533. The van der Waals surface area contributed by atoms with Crippen LogP contribution in [0.25, 0.3) is 5.82 Å². The molecule has 2 atom stereocenters. The molecule has 5 rings (SSSR count). The molecule has 2 aliphatic heterocycles. The van der Waals surface area contributed by atoms with Crippen LogP contribution in [0, 0.1) is 25.7 Å². The molecular formula is C20H24N8O. The van der Waals surface area contributed by atoms with Crippen molar-refractivity contribution in [2.45, 2.75) is 13.8 Å². The topological polar surface area (TPSA) is 85.0 Å². The van der Waals surface area contributed by atoms with Crippen LogP contribution in [0.15, 0.2) is 35.4 Å². The number of hydrogen-bond donors (Lipinski definition) is 0. The highest BCUT2D eigenvalue weighted by atomic mass is 16.1. The minimum atomic E-state index is -0.0819. The number of nitrogens with zero attached hydrogens (tertiary/aromatic N) is 8. The number of fused-ring (bicyclic) bond motifs is 1. The first-order valence-corrected chi connectivity index (χ1v) is 9.88. The molecule has 0 radical (unpaired) electrons. The van der Waals surface area contributed by atoms with E-state index >= 15 is 0 Å². The molecule has 0 saturated carbocycles. The van der Waals surface area contributed by atoms with Crippen LogP contribution in [-0.4, -0.2) is 55.7 Å². The van der Waals surface area contributed by atoms with Crippen LogP contribution in [0.5, 0.6) is 0 Å². The molecular weight excluding hydrogens is 368 g/mol. The average Bonchev–Trinajstić information content (AvgIpc) is 3.37. The molecule has 5 heterocycles. The average molecular weight is 392 g/mol. The molecule has 3 aromatic heterocycles. The van der Waals surface area contributed by atoms with Crippen molar-refractivity contribution in [3.05, 3.63) is 52.3 Å². The quantitative estimate of drug-likeness (QED) is 0.656. The van der Waals surface area contributed by atoms with Gasteiger partial charge in [0, 0.05) is 62.9 Å².